The van der Waals surface area contributed by atoms with Crippen molar-refractivity contribution in [3.8, 4) is 16.9 Å². The lowest BCUT2D eigenvalue weighted by Gasteiger charge is -2.20. The highest BCUT2D eigenvalue weighted by Gasteiger charge is 2.43. The molecular formula is C17H13F4NO3. The second-order valence-electron chi connectivity index (χ2n) is 5.38. The number of esters is 1. The smallest absolute Gasteiger partial charge is 0.452 e. The first-order chi connectivity index (χ1) is 11.8. The van der Waals surface area contributed by atoms with Crippen molar-refractivity contribution in [1.29, 1.82) is 0 Å². The van der Waals surface area contributed by atoms with Gasteiger partial charge in [0.15, 0.2) is 0 Å². The van der Waals surface area contributed by atoms with E-state index in [4.69, 9.17) is 4.74 Å². The number of rotatable bonds is 2. The van der Waals surface area contributed by atoms with Gasteiger partial charge in [-0.3, -0.25) is 0 Å². The summed E-state index contributed by atoms with van der Waals surface area (Å²) in [6.45, 7) is 0.226. The van der Waals surface area contributed by atoms with E-state index in [0.29, 0.717) is 29.0 Å². The first kappa shape index (κ1) is 17.2. The number of para-hydroxylation sites is 1. The summed E-state index contributed by atoms with van der Waals surface area (Å²) in [6.07, 6.45) is -6.54. The Balaban J connectivity index is 1.91. The standard InChI is InChI=1S/C17H13F4NO3/c18-12-6-4-10(5-7-12)13-3-1-2-11-8-22-9-14(24-15(11)13)25-16(23)17(19,20)21/h1-7,14,22H,8-9H2. The predicted molar refractivity (Wildman–Crippen MR) is 80.1 cm³/mol. The Morgan fingerprint density at radius 2 is 1.88 bits per heavy atom. The van der Waals surface area contributed by atoms with E-state index in [9.17, 15) is 22.4 Å². The molecule has 0 spiro atoms. The average Bonchev–Trinajstić information content (AvgIpc) is 2.76. The molecule has 0 fully saturated rings. The monoisotopic (exact) mass is 355 g/mol. The summed E-state index contributed by atoms with van der Waals surface area (Å²) < 4.78 is 60.2. The van der Waals surface area contributed by atoms with Gasteiger partial charge in [-0.05, 0) is 17.7 Å². The molecule has 1 aliphatic rings. The van der Waals surface area contributed by atoms with Crippen LogP contribution in [0.15, 0.2) is 42.5 Å². The second kappa shape index (κ2) is 6.72. The zero-order chi connectivity index (χ0) is 18.0. The molecule has 8 heteroatoms. The molecule has 0 amide bonds. The van der Waals surface area contributed by atoms with E-state index < -0.39 is 24.3 Å². The quantitative estimate of drug-likeness (QED) is 0.663. The van der Waals surface area contributed by atoms with Crippen molar-refractivity contribution >= 4 is 5.97 Å². The third kappa shape index (κ3) is 3.90. The highest BCUT2D eigenvalue weighted by atomic mass is 19.4. The van der Waals surface area contributed by atoms with Crippen molar-refractivity contribution in [3.63, 3.8) is 0 Å². The van der Waals surface area contributed by atoms with Crippen LogP contribution in [0.4, 0.5) is 17.6 Å². The van der Waals surface area contributed by atoms with Gasteiger partial charge < -0.3 is 14.8 Å². The molecule has 0 bridgehead atoms. The van der Waals surface area contributed by atoms with Gasteiger partial charge in [0.2, 0.25) is 0 Å². The Hall–Kier alpha value is -2.61. The molecule has 1 unspecified atom stereocenters. The largest absolute Gasteiger partial charge is 0.491 e. The maximum absolute atomic E-state index is 13.1. The van der Waals surface area contributed by atoms with Crippen LogP contribution in [0.5, 0.6) is 5.75 Å². The summed E-state index contributed by atoms with van der Waals surface area (Å²) in [7, 11) is 0. The molecule has 1 aliphatic heterocycles. The topological polar surface area (TPSA) is 47.6 Å². The highest BCUT2D eigenvalue weighted by molar-refractivity contribution is 5.76. The summed E-state index contributed by atoms with van der Waals surface area (Å²) in [5.74, 6) is -2.44. The van der Waals surface area contributed by atoms with Gasteiger partial charge in [-0.1, -0.05) is 30.3 Å². The minimum absolute atomic E-state index is 0.0979. The minimum atomic E-state index is -5.10. The molecule has 1 heterocycles. The van der Waals surface area contributed by atoms with Crippen LogP contribution in [0.2, 0.25) is 0 Å². The van der Waals surface area contributed by atoms with Gasteiger partial charge in [0.1, 0.15) is 11.6 Å². The van der Waals surface area contributed by atoms with Crippen LogP contribution in [0.25, 0.3) is 11.1 Å². The van der Waals surface area contributed by atoms with Gasteiger partial charge >= 0.3 is 12.1 Å². The number of hydrogen-bond donors (Lipinski definition) is 1. The first-order valence-electron chi connectivity index (χ1n) is 7.37. The SMILES string of the molecule is O=C(OC1CNCc2cccc(-c3ccc(F)cc3)c2O1)C(F)(F)F. The molecule has 0 saturated carbocycles. The average molecular weight is 355 g/mol. The molecule has 3 rings (SSSR count). The van der Waals surface area contributed by atoms with Gasteiger partial charge in [0.25, 0.3) is 6.29 Å². The van der Waals surface area contributed by atoms with Gasteiger partial charge in [0.05, 0.1) is 6.54 Å². The Morgan fingerprint density at radius 3 is 2.56 bits per heavy atom. The predicted octanol–water partition coefficient (Wildman–Crippen LogP) is 3.41. The van der Waals surface area contributed by atoms with E-state index in [1.165, 1.54) is 24.3 Å². The molecule has 0 aliphatic carbocycles. The molecule has 0 saturated heterocycles. The number of benzene rings is 2. The normalized spacial score (nSPS) is 17.2. The van der Waals surface area contributed by atoms with Crippen molar-refractivity contribution < 1.29 is 31.8 Å². The van der Waals surface area contributed by atoms with Crippen LogP contribution < -0.4 is 10.1 Å². The summed E-state index contributed by atoms with van der Waals surface area (Å²) >= 11 is 0. The van der Waals surface area contributed by atoms with E-state index in [0.717, 1.165) is 0 Å². The van der Waals surface area contributed by atoms with Crippen LogP contribution in [-0.2, 0) is 16.1 Å². The highest BCUT2D eigenvalue weighted by Crippen LogP contribution is 2.35. The van der Waals surface area contributed by atoms with Crippen LogP contribution in [0.3, 0.4) is 0 Å². The van der Waals surface area contributed by atoms with Gasteiger partial charge in [-0.2, -0.15) is 13.2 Å². The van der Waals surface area contributed by atoms with Crippen LogP contribution >= 0.6 is 0 Å². The number of hydrogen-bond acceptors (Lipinski definition) is 4. The molecular weight excluding hydrogens is 342 g/mol. The molecule has 0 radical (unpaired) electrons. The van der Waals surface area contributed by atoms with Crippen molar-refractivity contribution in [3.05, 3.63) is 53.8 Å². The lowest BCUT2D eigenvalue weighted by Crippen LogP contribution is -2.37. The number of ether oxygens (including phenoxy) is 2. The maximum Gasteiger partial charge on any atom is 0.491 e. The molecule has 132 valence electrons. The van der Waals surface area contributed by atoms with Crippen molar-refractivity contribution in [2.75, 3.05) is 6.54 Å². The number of alkyl halides is 3. The Kier molecular flexibility index (Phi) is 4.63. The van der Waals surface area contributed by atoms with E-state index >= 15 is 0 Å². The first-order valence-corrected chi connectivity index (χ1v) is 7.37. The van der Waals surface area contributed by atoms with E-state index in [2.05, 4.69) is 10.1 Å². The number of carbonyl (C=O) groups is 1. The van der Waals surface area contributed by atoms with E-state index in [1.54, 1.807) is 18.2 Å². The van der Waals surface area contributed by atoms with Crippen molar-refractivity contribution in [2.45, 2.75) is 19.0 Å². The van der Waals surface area contributed by atoms with Crippen LogP contribution in [-0.4, -0.2) is 25.0 Å². The molecule has 1 N–H and O–H groups in total. The minimum Gasteiger partial charge on any atom is -0.452 e. The molecule has 2 aromatic carbocycles. The number of halogens is 4. The van der Waals surface area contributed by atoms with Crippen molar-refractivity contribution in [1.82, 2.24) is 5.32 Å². The molecule has 2 aromatic rings. The van der Waals surface area contributed by atoms with Crippen LogP contribution in [0, 0.1) is 5.82 Å². The molecule has 1 atom stereocenters. The summed E-state index contributed by atoms with van der Waals surface area (Å²) in [6, 6.07) is 10.8. The Labute approximate surface area is 140 Å². The fourth-order valence-electron chi connectivity index (χ4n) is 2.47. The fourth-order valence-corrected chi connectivity index (χ4v) is 2.47. The number of carbonyl (C=O) groups excluding carboxylic acids is 1. The maximum atomic E-state index is 13.1. The van der Waals surface area contributed by atoms with E-state index in [-0.39, 0.29) is 6.54 Å². The summed E-state index contributed by atoms with van der Waals surface area (Å²) in [5.41, 5.74) is 1.88. The van der Waals surface area contributed by atoms with Gasteiger partial charge in [-0.25, -0.2) is 9.18 Å². The zero-order valence-electron chi connectivity index (χ0n) is 12.8. The second-order valence-corrected chi connectivity index (χ2v) is 5.38. The number of fused-ring (bicyclic) bond motifs is 1. The Morgan fingerprint density at radius 1 is 1.16 bits per heavy atom. The third-order valence-corrected chi connectivity index (χ3v) is 3.60. The van der Waals surface area contributed by atoms with Crippen LogP contribution in [0.1, 0.15) is 5.56 Å². The number of nitrogens with one attached hydrogen (secondary N) is 1. The van der Waals surface area contributed by atoms with Gasteiger partial charge in [-0.15, -0.1) is 0 Å². The molecule has 4 nitrogen and oxygen atoms in total. The lowest BCUT2D eigenvalue weighted by atomic mass is 10.0. The lowest BCUT2D eigenvalue weighted by molar-refractivity contribution is -0.215. The Bertz CT molecular complexity index is 774. The third-order valence-electron chi connectivity index (χ3n) is 3.60. The molecule has 25 heavy (non-hydrogen) atoms. The summed E-state index contributed by atoms with van der Waals surface area (Å²) in [4.78, 5) is 11.1. The van der Waals surface area contributed by atoms with E-state index in [1.807, 2.05) is 0 Å². The van der Waals surface area contributed by atoms with Crippen molar-refractivity contribution in [2.24, 2.45) is 0 Å². The van der Waals surface area contributed by atoms with Gasteiger partial charge in [0, 0.05) is 17.7 Å². The zero-order valence-corrected chi connectivity index (χ0v) is 12.8. The fraction of sp³-hybridized carbons (Fsp3) is 0.235. The summed E-state index contributed by atoms with van der Waals surface area (Å²) in [5, 5.41) is 2.87. The molecule has 0 aromatic heterocycles.